The third-order valence-electron chi connectivity index (χ3n) is 2.52. The molecule has 0 fully saturated rings. The van der Waals surface area contributed by atoms with Crippen LogP contribution in [0.25, 0.3) is 0 Å². The van der Waals surface area contributed by atoms with Crippen molar-refractivity contribution in [3.05, 3.63) is 53.3 Å². The van der Waals surface area contributed by atoms with Gasteiger partial charge in [-0.1, -0.05) is 17.7 Å². The number of hydrogen-bond donors (Lipinski definition) is 1. The number of benzene rings is 2. The van der Waals surface area contributed by atoms with Crippen LogP contribution in [0.15, 0.2) is 47.4 Å². The first-order valence-electron chi connectivity index (χ1n) is 5.54. The summed E-state index contributed by atoms with van der Waals surface area (Å²) < 4.78 is 44.6. The number of sulfonamides is 1. The number of halogens is 2. The van der Waals surface area contributed by atoms with Gasteiger partial charge in [-0.05, 0) is 30.3 Å². The Morgan fingerprint density at radius 3 is 2.60 bits per heavy atom. The van der Waals surface area contributed by atoms with Crippen LogP contribution in [0.4, 0.5) is 10.1 Å². The van der Waals surface area contributed by atoms with Gasteiger partial charge in [0, 0.05) is 6.07 Å². The second kappa shape index (κ2) is 5.68. The van der Waals surface area contributed by atoms with E-state index in [2.05, 4.69) is 4.72 Å². The lowest BCUT2D eigenvalue weighted by atomic mass is 10.3. The summed E-state index contributed by atoms with van der Waals surface area (Å²) in [5.41, 5.74) is 0.180. The van der Waals surface area contributed by atoms with Crippen LogP contribution in [-0.2, 0) is 10.0 Å². The van der Waals surface area contributed by atoms with Gasteiger partial charge in [0.15, 0.2) is 0 Å². The second-order valence-electron chi connectivity index (χ2n) is 3.91. The molecule has 0 aliphatic heterocycles. The Balaban J connectivity index is 2.32. The SMILES string of the molecule is COc1cccc(S(=O)(=O)Nc2ccc(F)c(Cl)c2)c1. The molecule has 0 atom stereocenters. The molecule has 1 N–H and O–H groups in total. The molecule has 20 heavy (non-hydrogen) atoms. The lowest BCUT2D eigenvalue weighted by molar-refractivity contribution is 0.413. The van der Waals surface area contributed by atoms with E-state index in [0.717, 1.165) is 6.07 Å². The maximum absolute atomic E-state index is 13.0. The van der Waals surface area contributed by atoms with Crippen LogP contribution >= 0.6 is 11.6 Å². The molecule has 0 spiro atoms. The summed E-state index contributed by atoms with van der Waals surface area (Å²) in [5, 5.41) is -0.157. The zero-order chi connectivity index (χ0) is 14.8. The average molecular weight is 316 g/mol. The van der Waals surface area contributed by atoms with E-state index in [-0.39, 0.29) is 15.6 Å². The molecule has 0 heterocycles. The number of hydrogen-bond acceptors (Lipinski definition) is 3. The first-order chi connectivity index (χ1) is 9.42. The van der Waals surface area contributed by atoms with Crippen LogP contribution in [0.1, 0.15) is 0 Å². The molecule has 0 amide bonds. The molecule has 2 aromatic carbocycles. The van der Waals surface area contributed by atoms with Gasteiger partial charge in [-0.25, -0.2) is 12.8 Å². The van der Waals surface area contributed by atoms with Crippen molar-refractivity contribution in [2.45, 2.75) is 4.90 Å². The Hall–Kier alpha value is -1.79. The fourth-order valence-electron chi connectivity index (χ4n) is 1.54. The van der Waals surface area contributed by atoms with Crippen molar-refractivity contribution in [1.82, 2.24) is 0 Å². The van der Waals surface area contributed by atoms with Crippen molar-refractivity contribution >= 4 is 27.3 Å². The van der Waals surface area contributed by atoms with Gasteiger partial charge in [0.1, 0.15) is 11.6 Å². The summed E-state index contributed by atoms with van der Waals surface area (Å²) in [6, 6.07) is 9.58. The smallest absolute Gasteiger partial charge is 0.262 e. The second-order valence-corrected chi connectivity index (χ2v) is 6.00. The van der Waals surface area contributed by atoms with E-state index in [9.17, 15) is 12.8 Å². The van der Waals surface area contributed by atoms with Gasteiger partial charge in [-0.3, -0.25) is 4.72 Å². The Morgan fingerprint density at radius 1 is 1.20 bits per heavy atom. The van der Waals surface area contributed by atoms with Crippen LogP contribution in [0.3, 0.4) is 0 Å². The topological polar surface area (TPSA) is 55.4 Å². The molecule has 0 saturated heterocycles. The lowest BCUT2D eigenvalue weighted by Crippen LogP contribution is -2.13. The summed E-state index contributed by atoms with van der Waals surface area (Å²) >= 11 is 5.61. The Morgan fingerprint density at radius 2 is 1.95 bits per heavy atom. The molecule has 0 aliphatic carbocycles. The van der Waals surface area contributed by atoms with E-state index in [1.807, 2.05) is 0 Å². The highest BCUT2D eigenvalue weighted by atomic mass is 35.5. The molecule has 2 aromatic rings. The molecule has 0 saturated carbocycles. The Bertz CT molecular complexity index is 734. The first-order valence-corrected chi connectivity index (χ1v) is 7.40. The Kier molecular flexibility index (Phi) is 4.15. The highest BCUT2D eigenvalue weighted by Crippen LogP contribution is 2.23. The number of methoxy groups -OCH3 is 1. The summed E-state index contributed by atoms with van der Waals surface area (Å²) in [7, 11) is -2.34. The standard InChI is InChI=1S/C13H11ClFNO3S/c1-19-10-3-2-4-11(8-10)20(17,18)16-9-5-6-13(15)12(14)7-9/h2-8,16H,1H3. The van der Waals surface area contributed by atoms with Gasteiger partial charge in [0.2, 0.25) is 0 Å². The van der Waals surface area contributed by atoms with Crippen molar-refractivity contribution in [2.75, 3.05) is 11.8 Å². The molecule has 0 aromatic heterocycles. The molecular weight excluding hydrogens is 305 g/mol. The lowest BCUT2D eigenvalue weighted by Gasteiger charge is -2.09. The quantitative estimate of drug-likeness (QED) is 0.942. The average Bonchev–Trinajstić information content (AvgIpc) is 2.43. The number of ether oxygens (including phenoxy) is 1. The van der Waals surface area contributed by atoms with E-state index in [4.69, 9.17) is 16.3 Å². The summed E-state index contributed by atoms with van der Waals surface area (Å²) in [5.74, 6) is -0.194. The van der Waals surface area contributed by atoms with Gasteiger partial charge in [0.05, 0.1) is 22.7 Å². The highest BCUT2D eigenvalue weighted by Gasteiger charge is 2.15. The predicted molar refractivity (Wildman–Crippen MR) is 75.2 cm³/mol. The van der Waals surface area contributed by atoms with Crippen LogP contribution in [-0.4, -0.2) is 15.5 Å². The number of anilines is 1. The normalized spacial score (nSPS) is 11.2. The fourth-order valence-corrected chi connectivity index (χ4v) is 2.81. The van der Waals surface area contributed by atoms with Gasteiger partial charge in [-0.15, -0.1) is 0 Å². The van der Waals surface area contributed by atoms with Gasteiger partial charge < -0.3 is 4.74 Å². The minimum Gasteiger partial charge on any atom is -0.497 e. The monoisotopic (exact) mass is 315 g/mol. The van der Waals surface area contributed by atoms with E-state index in [1.54, 1.807) is 12.1 Å². The highest BCUT2D eigenvalue weighted by molar-refractivity contribution is 7.92. The third kappa shape index (κ3) is 3.20. The maximum atomic E-state index is 13.0. The van der Waals surface area contributed by atoms with Crippen molar-refractivity contribution in [3.63, 3.8) is 0 Å². The molecule has 0 aliphatic rings. The van der Waals surface area contributed by atoms with Gasteiger partial charge >= 0.3 is 0 Å². The zero-order valence-electron chi connectivity index (χ0n) is 10.4. The summed E-state index contributed by atoms with van der Waals surface area (Å²) in [4.78, 5) is 0.0392. The molecule has 106 valence electrons. The van der Waals surface area contributed by atoms with E-state index >= 15 is 0 Å². The summed E-state index contributed by atoms with van der Waals surface area (Å²) in [6.07, 6.45) is 0. The van der Waals surface area contributed by atoms with E-state index in [1.165, 1.54) is 31.4 Å². The molecule has 0 radical (unpaired) electrons. The van der Waals surface area contributed by atoms with Gasteiger partial charge in [0.25, 0.3) is 10.0 Å². The van der Waals surface area contributed by atoms with Crippen LogP contribution in [0, 0.1) is 5.82 Å². The zero-order valence-corrected chi connectivity index (χ0v) is 12.0. The largest absolute Gasteiger partial charge is 0.497 e. The minimum absolute atomic E-state index is 0.0392. The summed E-state index contributed by atoms with van der Waals surface area (Å²) in [6.45, 7) is 0. The maximum Gasteiger partial charge on any atom is 0.262 e. The van der Waals surface area contributed by atoms with E-state index < -0.39 is 15.8 Å². The predicted octanol–water partition coefficient (Wildman–Crippen LogP) is 3.29. The first kappa shape index (κ1) is 14.6. The molecule has 4 nitrogen and oxygen atoms in total. The van der Waals surface area contributed by atoms with Crippen molar-refractivity contribution in [3.8, 4) is 5.75 Å². The molecule has 0 bridgehead atoms. The van der Waals surface area contributed by atoms with E-state index in [0.29, 0.717) is 5.75 Å². The third-order valence-corrected chi connectivity index (χ3v) is 4.19. The minimum atomic E-state index is -3.79. The van der Waals surface area contributed by atoms with Crippen molar-refractivity contribution in [2.24, 2.45) is 0 Å². The molecule has 0 unspecified atom stereocenters. The van der Waals surface area contributed by atoms with Crippen LogP contribution < -0.4 is 9.46 Å². The van der Waals surface area contributed by atoms with Crippen LogP contribution in [0.2, 0.25) is 5.02 Å². The molecule has 2 rings (SSSR count). The molecule has 7 heteroatoms. The van der Waals surface area contributed by atoms with Gasteiger partial charge in [-0.2, -0.15) is 0 Å². The number of nitrogens with one attached hydrogen (secondary N) is 1. The van der Waals surface area contributed by atoms with Crippen LogP contribution in [0.5, 0.6) is 5.75 Å². The fraction of sp³-hybridized carbons (Fsp3) is 0.0769. The van der Waals surface area contributed by atoms with Crippen molar-refractivity contribution < 1.29 is 17.5 Å². The molecular formula is C13H11ClFNO3S. The van der Waals surface area contributed by atoms with Crippen molar-refractivity contribution in [1.29, 1.82) is 0 Å². The number of rotatable bonds is 4. The Labute approximate surface area is 121 Å².